The second kappa shape index (κ2) is 7.74. The van der Waals surface area contributed by atoms with Crippen LogP contribution >= 0.6 is 0 Å². The van der Waals surface area contributed by atoms with Gasteiger partial charge in [0.25, 0.3) is 0 Å². The minimum absolute atomic E-state index is 0.156. The average molecular weight is 341 g/mol. The van der Waals surface area contributed by atoms with Crippen molar-refractivity contribution in [3.05, 3.63) is 54.1 Å². The fourth-order valence-corrected chi connectivity index (χ4v) is 2.80. The van der Waals surface area contributed by atoms with Crippen molar-refractivity contribution in [3.8, 4) is 0 Å². The number of benzene rings is 1. The molecule has 130 valence electrons. The highest BCUT2D eigenvalue weighted by Gasteiger charge is 2.22. The van der Waals surface area contributed by atoms with Crippen molar-refractivity contribution in [1.29, 1.82) is 0 Å². The Morgan fingerprint density at radius 1 is 1.32 bits per heavy atom. The first kappa shape index (κ1) is 16.9. The monoisotopic (exact) mass is 341 g/mol. The topological polar surface area (TPSA) is 84.1 Å². The molecule has 2 heterocycles. The Morgan fingerprint density at radius 3 is 2.76 bits per heavy atom. The summed E-state index contributed by atoms with van der Waals surface area (Å²) in [6, 6.07) is 6.51. The first-order valence-corrected chi connectivity index (χ1v) is 8.14. The van der Waals surface area contributed by atoms with Crippen LogP contribution in [0.2, 0.25) is 0 Å². The number of hydrogen-bond acceptors (Lipinski definition) is 5. The summed E-state index contributed by atoms with van der Waals surface area (Å²) in [5.74, 6) is 0.193. The van der Waals surface area contributed by atoms with Crippen molar-refractivity contribution in [2.24, 2.45) is 5.92 Å². The molecular weight excluding hydrogens is 321 g/mol. The van der Waals surface area contributed by atoms with Gasteiger partial charge >= 0.3 is 0 Å². The first-order chi connectivity index (χ1) is 12.1. The lowest BCUT2D eigenvalue weighted by Crippen LogP contribution is -2.29. The summed E-state index contributed by atoms with van der Waals surface area (Å²) in [6.07, 6.45) is 7.22. The summed E-state index contributed by atoms with van der Waals surface area (Å²) >= 11 is 0. The number of nitrogens with two attached hydrogens (primary N) is 1. The highest BCUT2D eigenvalue weighted by molar-refractivity contribution is 5.91. The molecule has 1 atom stereocenters. The quantitative estimate of drug-likeness (QED) is 0.811. The SMILES string of the molecule is Nc1ncc(C=CC(=O)NCC2CCN(c3ccc(F)cc3)C2)cn1. The van der Waals surface area contributed by atoms with E-state index in [1.807, 2.05) is 0 Å². The van der Waals surface area contributed by atoms with Crippen molar-refractivity contribution >= 4 is 23.6 Å². The van der Waals surface area contributed by atoms with Crippen molar-refractivity contribution in [3.63, 3.8) is 0 Å². The highest BCUT2D eigenvalue weighted by atomic mass is 19.1. The molecule has 1 fully saturated rings. The van der Waals surface area contributed by atoms with E-state index < -0.39 is 0 Å². The predicted octanol–water partition coefficient (Wildman–Crippen LogP) is 1.85. The van der Waals surface area contributed by atoms with Gasteiger partial charge in [0.2, 0.25) is 11.9 Å². The number of carbonyl (C=O) groups is 1. The number of nitrogens with zero attached hydrogens (tertiary/aromatic N) is 3. The van der Waals surface area contributed by atoms with Crippen LogP contribution in [0.4, 0.5) is 16.0 Å². The molecule has 1 unspecified atom stereocenters. The third kappa shape index (κ3) is 4.76. The molecule has 7 heteroatoms. The Balaban J connectivity index is 1.45. The van der Waals surface area contributed by atoms with Crippen LogP contribution in [0.3, 0.4) is 0 Å². The van der Waals surface area contributed by atoms with E-state index in [-0.39, 0.29) is 17.7 Å². The maximum absolute atomic E-state index is 13.0. The van der Waals surface area contributed by atoms with Crippen molar-refractivity contribution in [2.45, 2.75) is 6.42 Å². The predicted molar refractivity (Wildman–Crippen MR) is 95.2 cm³/mol. The molecule has 3 N–H and O–H groups in total. The molecule has 0 spiro atoms. The van der Waals surface area contributed by atoms with Crippen LogP contribution in [-0.4, -0.2) is 35.5 Å². The van der Waals surface area contributed by atoms with Gasteiger partial charge in [-0.3, -0.25) is 4.79 Å². The molecule has 25 heavy (non-hydrogen) atoms. The van der Waals surface area contributed by atoms with Crippen molar-refractivity contribution < 1.29 is 9.18 Å². The zero-order valence-corrected chi connectivity index (χ0v) is 13.7. The summed E-state index contributed by atoms with van der Waals surface area (Å²) < 4.78 is 13.0. The fraction of sp³-hybridized carbons (Fsp3) is 0.278. The Kier molecular flexibility index (Phi) is 5.23. The molecule has 1 aromatic heterocycles. The van der Waals surface area contributed by atoms with E-state index in [2.05, 4.69) is 20.2 Å². The van der Waals surface area contributed by atoms with Gasteiger partial charge in [0.15, 0.2) is 0 Å². The molecule has 0 aliphatic carbocycles. The minimum atomic E-state index is -0.231. The summed E-state index contributed by atoms with van der Waals surface area (Å²) in [4.78, 5) is 21.8. The molecule has 1 aliphatic rings. The lowest BCUT2D eigenvalue weighted by molar-refractivity contribution is -0.116. The third-order valence-electron chi connectivity index (χ3n) is 4.16. The Labute approximate surface area is 145 Å². The fourth-order valence-electron chi connectivity index (χ4n) is 2.80. The van der Waals surface area contributed by atoms with Crippen LogP contribution in [0.1, 0.15) is 12.0 Å². The number of halogens is 1. The van der Waals surface area contributed by atoms with Crippen LogP contribution in [0, 0.1) is 11.7 Å². The maximum atomic E-state index is 13.0. The van der Waals surface area contributed by atoms with Gasteiger partial charge in [-0.05, 0) is 42.7 Å². The van der Waals surface area contributed by atoms with E-state index >= 15 is 0 Å². The zero-order chi connectivity index (χ0) is 17.6. The highest BCUT2D eigenvalue weighted by Crippen LogP contribution is 2.23. The lowest BCUT2D eigenvalue weighted by Gasteiger charge is -2.18. The molecule has 3 rings (SSSR count). The van der Waals surface area contributed by atoms with Gasteiger partial charge in [-0.2, -0.15) is 0 Å². The number of nitrogens with one attached hydrogen (secondary N) is 1. The zero-order valence-electron chi connectivity index (χ0n) is 13.7. The lowest BCUT2D eigenvalue weighted by atomic mass is 10.1. The smallest absolute Gasteiger partial charge is 0.244 e. The molecule has 0 saturated carbocycles. The van der Waals surface area contributed by atoms with Crippen LogP contribution in [0.25, 0.3) is 6.08 Å². The van der Waals surface area contributed by atoms with E-state index in [1.54, 1.807) is 30.6 Å². The first-order valence-electron chi connectivity index (χ1n) is 8.14. The summed E-state index contributed by atoms with van der Waals surface area (Å²) in [5, 5.41) is 2.91. The Bertz CT molecular complexity index is 745. The average Bonchev–Trinajstić information content (AvgIpc) is 3.09. The van der Waals surface area contributed by atoms with E-state index in [0.29, 0.717) is 18.0 Å². The second-order valence-electron chi connectivity index (χ2n) is 6.03. The summed E-state index contributed by atoms with van der Waals surface area (Å²) in [5.41, 5.74) is 7.14. The molecule has 1 saturated heterocycles. The van der Waals surface area contributed by atoms with E-state index in [4.69, 9.17) is 5.73 Å². The van der Waals surface area contributed by atoms with Crippen molar-refractivity contribution in [2.75, 3.05) is 30.3 Å². The van der Waals surface area contributed by atoms with Gasteiger partial charge < -0.3 is 16.0 Å². The number of hydrogen-bond donors (Lipinski definition) is 2. The molecule has 1 aliphatic heterocycles. The summed E-state index contributed by atoms with van der Waals surface area (Å²) in [6.45, 7) is 2.37. The molecule has 6 nitrogen and oxygen atoms in total. The number of rotatable bonds is 5. The molecule has 0 bridgehead atoms. The number of anilines is 2. The molecule has 1 amide bonds. The van der Waals surface area contributed by atoms with Crippen molar-refractivity contribution in [1.82, 2.24) is 15.3 Å². The van der Waals surface area contributed by atoms with Gasteiger partial charge in [-0.15, -0.1) is 0 Å². The van der Waals surface area contributed by atoms with Crippen LogP contribution in [0.15, 0.2) is 42.7 Å². The summed E-state index contributed by atoms with van der Waals surface area (Å²) in [7, 11) is 0. The second-order valence-corrected chi connectivity index (χ2v) is 6.03. The maximum Gasteiger partial charge on any atom is 0.244 e. The van der Waals surface area contributed by atoms with Crippen LogP contribution < -0.4 is 16.0 Å². The third-order valence-corrected chi connectivity index (χ3v) is 4.16. The van der Waals surface area contributed by atoms with E-state index in [9.17, 15) is 9.18 Å². The van der Waals surface area contributed by atoms with Crippen LogP contribution in [0.5, 0.6) is 0 Å². The molecule has 2 aromatic rings. The Morgan fingerprint density at radius 2 is 2.04 bits per heavy atom. The standard InChI is InChI=1S/C18H20FN5O/c19-15-2-4-16(5-3-15)24-8-7-14(12-24)11-21-17(25)6-1-13-9-22-18(20)23-10-13/h1-6,9-10,14H,7-8,11-12H2,(H,21,25)(H2,20,22,23). The van der Waals surface area contributed by atoms with Gasteiger partial charge in [0.1, 0.15) is 5.82 Å². The van der Waals surface area contributed by atoms with E-state index in [1.165, 1.54) is 18.2 Å². The van der Waals surface area contributed by atoms with E-state index in [0.717, 1.165) is 25.2 Å². The number of aromatic nitrogens is 2. The molecule has 0 radical (unpaired) electrons. The minimum Gasteiger partial charge on any atom is -0.371 e. The Hall–Kier alpha value is -2.96. The van der Waals surface area contributed by atoms with Gasteiger partial charge in [-0.1, -0.05) is 0 Å². The van der Waals surface area contributed by atoms with Crippen LogP contribution in [-0.2, 0) is 4.79 Å². The normalized spacial score (nSPS) is 17.2. The van der Waals surface area contributed by atoms with Gasteiger partial charge in [0.05, 0.1) is 0 Å². The largest absolute Gasteiger partial charge is 0.371 e. The van der Waals surface area contributed by atoms with Gasteiger partial charge in [0, 0.05) is 49.4 Å². The number of amides is 1. The molecular formula is C18H20FN5O. The number of nitrogen functional groups attached to an aromatic ring is 1. The molecule has 1 aromatic carbocycles. The number of carbonyl (C=O) groups excluding carboxylic acids is 1. The van der Waals surface area contributed by atoms with Gasteiger partial charge in [-0.25, -0.2) is 14.4 Å².